The van der Waals surface area contributed by atoms with Gasteiger partial charge in [0.15, 0.2) is 0 Å². The smallest absolute Gasteiger partial charge is 0.324 e. The normalized spacial score (nSPS) is 10.8. The minimum absolute atomic E-state index is 0.152. The Morgan fingerprint density at radius 3 is 2.35 bits per heavy atom. The Kier molecular flexibility index (Phi) is 13.1. The molecule has 0 saturated heterocycles. The van der Waals surface area contributed by atoms with E-state index in [1.165, 1.54) is 7.11 Å². The van der Waals surface area contributed by atoms with Crippen LogP contribution in [0.2, 0.25) is 0 Å². The fourth-order valence-corrected chi connectivity index (χ4v) is 5.39. The second kappa shape index (κ2) is 18.7. The van der Waals surface area contributed by atoms with E-state index in [0.29, 0.717) is 45.7 Å². The summed E-state index contributed by atoms with van der Waals surface area (Å²) < 4.78 is 24.9. The summed E-state index contributed by atoms with van der Waals surface area (Å²) in [5, 5.41) is 18.2. The van der Waals surface area contributed by atoms with Crippen LogP contribution >= 0.6 is 22.6 Å². The molecule has 0 bridgehead atoms. The van der Waals surface area contributed by atoms with Crippen molar-refractivity contribution in [1.82, 2.24) is 25.1 Å². The van der Waals surface area contributed by atoms with Crippen molar-refractivity contribution in [1.29, 1.82) is 0 Å². The number of halogens is 1. The lowest BCUT2D eigenvalue weighted by molar-refractivity contribution is 0.0953. The zero-order chi connectivity index (χ0) is 39.3. The second-order valence-electron chi connectivity index (χ2n) is 12.1. The van der Waals surface area contributed by atoms with E-state index in [9.17, 15) is 9.59 Å². The molecule has 0 aliphatic heterocycles. The maximum atomic E-state index is 13.4. The molecule has 0 spiro atoms. The van der Waals surface area contributed by atoms with Gasteiger partial charge < -0.3 is 30.2 Å². The van der Waals surface area contributed by atoms with Crippen molar-refractivity contribution in [3.05, 3.63) is 108 Å². The number of hydrogen-bond acceptors (Lipinski definition) is 9. The zero-order valence-electron chi connectivity index (χ0n) is 31.6. The van der Waals surface area contributed by atoms with Crippen LogP contribution in [-0.4, -0.2) is 57.4 Å². The van der Waals surface area contributed by atoms with Crippen molar-refractivity contribution >= 4 is 68.4 Å². The number of ether oxygens (including phenoxy) is 3. The van der Waals surface area contributed by atoms with Gasteiger partial charge in [0.25, 0.3) is 5.91 Å². The first-order valence-corrected chi connectivity index (χ1v) is 18.6. The predicted octanol–water partition coefficient (Wildman–Crippen LogP) is 9.33. The lowest BCUT2D eigenvalue weighted by atomic mass is 10.1. The SMILES string of the molecule is CCCNC(=O)c1cc(Nc2nccc(Oc3ccc(NC(=O)Nc4cc(C(C)C)nn4-c4ccc(OC)cc4)c4ccccc34)n2)cc(OC)c1.[2H]CI. The van der Waals surface area contributed by atoms with Gasteiger partial charge in [0.05, 0.1) is 31.3 Å². The molecule has 0 aliphatic carbocycles. The number of amides is 3. The molecule has 6 rings (SSSR count). The fourth-order valence-electron chi connectivity index (χ4n) is 5.39. The Morgan fingerprint density at radius 1 is 0.907 bits per heavy atom. The van der Waals surface area contributed by atoms with Crippen molar-refractivity contribution in [2.75, 3.05) is 41.6 Å². The average molecular weight is 844 g/mol. The van der Waals surface area contributed by atoms with Crippen molar-refractivity contribution < 1.29 is 25.2 Å². The van der Waals surface area contributed by atoms with Gasteiger partial charge in [-0.2, -0.15) is 10.1 Å². The van der Waals surface area contributed by atoms with Gasteiger partial charge in [-0.15, -0.1) is 0 Å². The third kappa shape index (κ3) is 9.74. The van der Waals surface area contributed by atoms with Crippen LogP contribution in [0.4, 0.5) is 27.9 Å². The number of alkyl halides is 1. The summed E-state index contributed by atoms with van der Waals surface area (Å²) in [7, 11) is 3.15. The van der Waals surface area contributed by atoms with Gasteiger partial charge in [0.2, 0.25) is 11.8 Å². The Morgan fingerprint density at radius 2 is 1.65 bits per heavy atom. The number of carbonyl (C=O) groups excluding carboxylic acids is 2. The van der Waals surface area contributed by atoms with Crippen LogP contribution in [0.3, 0.4) is 0 Å². The molecule has 6 aromatic rings. The summed E-state index contributed by atoms with van der Waals surface area (Å²) >= 11 is 1.96. The van der Waals surface area contributed by atoms with Crippen LogP contribution in [-0.2, 0) is 0 Å². The molecule has 0 fully saturated rings. The van der Waals surface area contributed by atoms with Crippen molar-refractivity contribution in [3.63, 3.8) is 0 Å². The van der Waals surface area contributed by atoms with Gasteiger partial charge in [-0.1, -0.05) is 67.6 Å². The quantitative estimate of drug-likeness (QED) is 0.0658. The molecule has 13 nitrogen and oxygen atoms in total. The first kappa shape index (κ1) is 37.8. The molecule has 14 heteroatoms. The molecule has 3 amide bonds. The van der Waals surface area contributed by atoms with Crippen LogP contribution in [0, 0.1) is 0 Å². The van der Waals surface area contributed by atoms with Gasteiger partial charge in [0, 0.05) is 54.3 Å². The van der Waals surface area contributed by atoms with E-state index in [2.05, 4.69) is 31.2 Å². The number of benzene rings is 4. The summed E-state index contributed by atoms with van der Waals surface area (Å²) in [5.41, 5.74) is 3.22. The van der Waals surface area contributed by atoms with E-state index in [4.69, 9.17) is 20.7 Å². The highest BCUT2D eigenvalue weighted by atomic mass is 127. The highest BCUT2D eigenvalue weighted by Gasteiger charge is 2.17. The first-order chi connectivity index (χ1) is 26.7. The molecule has 4 aromatic carbocycles. The maximum Gasteiger partial charge on any atom is 0.324 e. The van der Waals surface area contributed by atoms with E-state index in [1.54, 1.807) is 54.4 Å². The molecule has 0 unspecified atom stereocenters. The van der Waals surface area contributed by atoms with Crippen LogP contribution in [0.1, 0.15) is 50.5 Å². The van der Waals surface area contributed by atoms with Crippen LogP contribution < -0.4 is 35.5 Å². The number of fused-ring (bicyclic) bond motifs is 1. The van der Waals surface area contributed by atoms with Crippen LogP contribution in [0.15, 0.2) is 97.2 Å². The Hall–Kier alpha value is -5.90. The third-order valence-corrected chi connectivity index (χ3v) is 8.05. The minimum atomic E-state index is -0.432. The summed E-state index contributed by atoms with van der Waals surface area (Å²) in [6, 6.07) is 26.8. The molecule has 2 heterocycles. The molecule has 4 N–H and O–H groups in total. The maximum absolute atomic E-state index is 13.4. The first-order valence-electron chi connectivity index (χ1n) is 17.8. The number of nitrogens with one attached hydrogen (secondary N) is 4. The Balaban J connectivity index is 0.00000187. The molecule has 280 valence electrons. The molecule has 2 aromatic heterocycles. The average Bonchev–Trinajstić information content (AvgIpc) is 3.62. The van der Waals surface area contributed by atoms with Gasteiger partial charge in [-0.3, -0.25) is 10.1 Å². The van der Waals surface area contributed by atoms with E-state index < -0.39 is 6.03 Å². The van der Waals surface area contributed by atoms with Gasteiger partial charge in [0.1, 0.15) is 23.1 Å². The van der Waals surface area contributed by atoms with Crippen molar-refractivity contribution in [2.24, 2.45) is 0 Å². The number of aromatic nitrogens is 4. The molecule has 0 radical (unpaired) electrons. The summed E-state index contributed by atoms with van der Waals surface area (Å²) in [6.07, 6.45) is 2.40. The van der Waals surface area contributed by atoms with Crippen LogP contribution in [0.5, 0.6) is 23.1 Å². The number of anilines is 4. The predicted molar refractivity (Wildman–Crippen MR) is 222 cm³/mol. The molecule has 0 aliphatic rings. The van der Waals surface area contributed by atoms with Gasteiger partial charge in [-0.05, 0) is 65.8 Å². The highest BCUT2D eigenvalue weighted by Crippen LogP contribution is 2.35. The van der Waals surface area contributed by atoms with Gasteiger partial charge >= 0.3 is 6.03 Å². The highest BCUT2D eigenvalue weighted by molar-refractivity contribution is 14.1. The Bertz CT molecular complexity index is 2230. The fraction of sp³-hybridized carbons (Fsp3) is 0.225. The van der Waals surface area contributed by atoms with Crippen LogP contribution in [0.25, 0.3) is 16.5 Å². The molecule has 54 heavy (non-hydrogen) atoms. The van der Waals surface area contributed by atoms with Crippen molar-refractivity contribution in [3.8, 4) is 28.8 Å². The zero-order valence-corrected chi connectivity index (χ0v) is 32.8. The summed E-state index contributed by atoms with van der Waals surface area (Å²) in [6.45, 7) is 6.65. The number of nitrogens with zero attached hydrogens (tertiary/aromatic N) is 4. The number of urea groups is 1. The topological polar surface area (TPSA) is 154 Å². The monoisotopic (exact) mass is 843 g/mol. The number of methoxy groups -OCH3 is 2. The van der Waals surface area contributed by atoms with Crippen molar-refractivity contribution in [2.45, 2.75) is 33.1 Å². The third-order valence-electron chi connectivity index (χ3n) is 8.05. The van der Waals surface area contributed by atoms with E-state index in [-0.39, 0.29) is 23.7 Å². The summed E-state index contributed by atoms with van der Waals surface area (Å²) in [4.78, 5) is 35.4. The largest absolute Gasteiger partial charge is 0.497 e. The minimum Gasteiger partial charge on any atom is -0.497 e. The Labute approximate surface area is 329 Å². The van der Waals surface area contributed by atoms with E-state index in [0.717, 1.165) is 34.3 Å². The lowest BCUT2D eigenvalue weighted by Crippen LogP contribution is -2.24. The molecular weight excluding hydrogens is 799 g/mol. The molecule has 0 saturated carbocycles. The van der Waals surface area contributed by atoms with E-state index in [1.807, 2.05) is 98.0 Å². The lowest BCUT2D eigenvalue weighted by Gasteiger charge is -2.14. The molecule has 0 atom stereocenters. The van der Waals surface area contributed by atoms with E-state index >= 15 is 0 Å². The number of rotatable bonds is 13. The number of carbonyl (C=O) groups is 2. The van der Waals surface area contributed by atoms with Gasteiger partial charge in [-0.25, -0.2) is 14.5 Å². The second-order valence-corrected chi connectivity index (χ2v) is 12.1. The standard InChI is InChI=1S/C39H40N8O5.CH3I/c1-6-18-40-37(48)25-20-26(22-29(21-25)51-5)42-38-41-19-17-36(45-38)52-34-16-15-32(30-9-7-8-10-31(30)34)43-39(49)44-35-23-33(24(2)3)46-47(35)27-11-13-28(50-4)14-12-27;1-2/h7-17,19-24H,6,18H2,1-5H3,(H,40,48)(H,41,42,45)(H2,43,44,49);1H3/i;1D. The molecular formula is C40H43IN8O5. The number of hydrogen-bond donors (Lipinski definition) is 4. The summed E-state index contributed by atoms with van der Waals surface area (Å²) in [5.74, 6) is 2.78.